The molecule has 0 bridgehead atoms. The average molecular weight is 157 g/mol. The molecule has 6 heteroatoms. The Balaban J connectivity index is 2.08. The van der Waals surface area contributed by atoms with Crippen molar-refractivity contribution < 1.29 is 4.79 Å². The highest BCUT2D eigenvalue weighted by atomic mass is 16.1. The van der Waals surface area contributed by atoms with E-state index >= 15 is 0 Å². The maximum absolute atomic E-state index is 10.8. The van der Waals surface area contributed by atoms with Crippen LogP contribution in [0, 0.1) is 0 Å². The number of amides is 1. The molecule has 6 N–H and O–H groups in total. The molecular formula is C5H11N5O. The monoisotopic (exact) mass is 157 g/mol. The SMILES string of the molecule is NC(=O)C1NCC2NNNC21. The van der Waals surface area contributed by atoms with Crippen molar-refractivity contribution in [2.24, 2.45) is 5.73 Å². The second-order valence-corrected chi connectivity index (χ2v) is 2.83. The first kappa shape index (κ1) is 6.99. The van der Waals surface area contributed by atoms with E-state index in [4.69, 9.17) is 5.73 Å². The van der Waals surface area contributed by atoms with Crippen molar-refractivity contribution in [1.29, 1.82) is 0 Å². The Morgan fingerprint density at radius 2 is 2.27 bits per heavy atom. The van der Waals surface area contributed by atoms with Crippen molar-refractivity contribution in [1.82, 2.24) is 21.7 Å². The van der Waals surface area contributed by atoms with Crippen molar-refractivity contribution in [3.63, 3.8) is 0 Å². The van der Waals surface area contributed by atoms with E-state index in [9.17, 15) is 4.79 Å². The molecule has 2 aliphatic rings. The minimum absolute atomic E-state index is 0.0764. The second kappa shape index (κ2) is 2.42. The zero-order valence-corrected chi connectivity index (χ0v) is 5.92. The maximum Gasteiger partial charge on any atom is 0.236 e. The summed E-state index contributed by atoms with van der Waals surface area (Å²) in [6.07, 6.45) is 0. The first-order chi connectivity index (χ1) is 5.29. The first-order valence-corrected chi connectivity index (χ1v) is 3.58. The Labute approximate surface area is 63.8 Å². The van der Waals surface area contributed by atoms with E-state index in [0.717, 1.165) is 6.54 Å². The number of rotatable bonds is 1. The van der Waals surface area contributed by atoms with Crippen LogP contribution in [0.2, 0.25) is 0 Å². The highest BCUT2D eigenvalue weighted by Gasteiger charge is 2.41. The van der Waals surface area contributed by atoms with Gasteiger partial charge >= 0.3 is 0 Å². The number of hydrogen-bond acceptors (Lipinski definition) is 5. The van der Waals surface area contributed by atoms with E-state index in [1.54, 1.807) is 0 Å². The largest absolute Gasteiger partial charge is 0.368 e. The van der Waals surface area contributed by atoms with Gasteiger partial charge in [-0.1, -0.05) is 0 Å². The molecule has 1 amide bonds. The van der Waals surface area contributed by atoms with Crippen LogP contribution in [0.1, 0.15) is 0 Å². The van der Waals surface area contributed by atoms with Gasteiger partial charge in [0.25, 0.3) is 0 Å². The van der Waals surface area contributed by atoms with Gasteiger partial charge in [-0.3, -0.25) is 4.79 Å². The van der Waals surface area contributed by atoms with Crippen LogP contribution >= 0.6 is 0 Å². The lowest BCUT2D eigenvalue weighted by Crippen LogP contribution is -2.50. The molecule has 2 heterocycles. The summed E-state index contributed by atoms with van der Waals surface area (Å²) in [5, 5.41) is 3.02. The third-order valence-corrected chi connectivity index (χ3v) is 2.15. The van der Waals surface area contributed by atoms with Crippen molar-refractivity contribution in [3.05, 3.63) is 0 Å². The van der Waals surface area contributed by atoms with Crippen LogP contribution in [0.3, 0.4) is 0 Å². The average Bonchev–Trinajstić information content (AvgIpc) is 2.41. The van der Waals surface area contributed by atoms with Gasteiger partial charge in [0.1, 0.15) is 6.04 Å². The van der Waals surface area contributed by atoms with E-state index in [1.165, 1.54) is 0 Å². The minimum atomic E-state index is -0.310. The highest BCUT2D eigenvalue weighted by Crippen LogP contribution is 2.09. The van der Waals surface area contributed by atoms with Crippen LogP contribution < -0.4 is 27.4 Å². The number of nitrogens with one attached hydrogen (secondary N) is 4. The van der Waals surface area contributed by atoms with E-state index < -0.39 is 0 Å². The maximum atomic E-state index is 10.8. The zero-order valence-electron chi connectivity index (χ0n) is 5.92. The minimum Gasteiger partial charge on any atom is -0.368 e. The summed E-state index contributed by atoms with van der Waals surface area (Å²) in [4.78, 5) is 10.8. The molecule has 0 spiro atoms. The van der Waals surface area contributed by atoms with Gasteiger partial charge < -0.3 is 11.1 Å². The van der Waals surface area contributed by atoms with Gasteiger partial charge in [0.05, 0.1) is 12.1 Å². The number of nitrogens with two attached hydrogens (primary N) is 1. The summed E-state index contributed by atoms with van der Waals surface area (Å²) in [6, 6.07) is 0.0718. The summed E-state index contributed by atoms with van der Waals surface area (Å²) in [6.45, 7) is 0.762. The van der Waals surface area contributed by atoms with Crippen molar-refractivity contribution in [2.45, 2.75) is 18.1 Å². The molecular weight excluding hydrogens is 146 g/mol. The van der Waals surface area contributed by atoms with Gasteiger partial charge in [0.15, 0.2) is 0 Å². The number of carbonyl (C=O) groups excluding carboxylic acids is 1. The van der Waals surface area contributed by atoms with Crippen molar-refractivity contribution in [3.8, 4) is 0 Å². The molecule has 0 aromatic carbocycles. The fraction of sp³-hybridized carbons (Fsp3) is 0.800. The smallest absolute Gasteiger partial charge is 0.236 e. The standard InChI is InChI=1S/C5H11N5O/c6-5(11)4-3-2(1-7-4)8-10-9-3/h2-4,7-10H,1H2,(H2,6,11). The topological polar surface area (TPSA) is 91.2 Å². The van der Waals surface area contributed by atoms with Gasteiger partial charge in [-0.2, -0.15) is 5.53 Å². The summed E-state index contributed by atoms with van der Waals surface area (Å²) in [5.74, 6) is -0.310. The summed E-state index contributed by atoms with van der Waals surface area (Å²) in [5.41, 5.74) is 13.8. The summed E-state index contributed by atoms with van der Waals surface area (Å²) in [7, 11) is 0. The van der Waals surface area contributed by atoms with Gasteiger partial charge in [0, 0.05) is 6.54 Å². The zero-order chi connectivity index (χ0) is 7.84. The Kier molecular flexibility index (Phi) is 1.53. The van der Waals surface area contributed by atoms with E-state index in [2.05, 4.69) is 21.7 Å². The third-order valence-electron chi connectivity index (χ3n) is 2.15. The van der Waals surface area contributed by atoms with Crippen LogP contribution in [-0.2, 0) is 4.79 Å². The molecule has 3 unspecified atom stereocenters. The Morgan fingerprint density at radius 3 is 3.00 bits per heavy atom. The van der Waals surface area contributed by atoms with E-state index in [0.29, 0.717) is 0 Å². The fourth-order valence-corrected chi connectivity index (χ4v) is 1.56. The molecule has 0 aliphatic carbocycles. The number of hydrazine groups is 2. The molecule has 0 aromatic rings. The number of hydrogen-bond donors (Lipinski definition) is 5. The summed E-state index contributed by atoms with van der Waals surface area (Å²) >= 11 is 0. The lowest BCUT2D eigenvalue weighted by Gasteiger charge is -2.12. The highest BCUT2D eigenvalue weighted by molar-refractivity contribution is 5.81. The Bertz CT molecular complexity index is 184. The lowest BCUT2D eigenvalue weighted by atomic mass is 10.1. The molecule has 2 fully saturated rings. The number of carbonyl (C=O) groups is 1. The van der Waals surface area contributed by atoms with E-state index in [1.807, 2.05) is 0 Å². The van der Waals surface area contributed by atoms with Crippen LogP contribution in [-0.4, -0.2) is 30.6 Å². The second-order valence-electron chi connectivity index (χ2n) is 2.83. The van der Waals surface area contributed by atoms with Gasteiger partial charge in [0.2, 0.25) is 5.91 Å². The van der Waals surface area contributed by atoms with Gasteiger partial charge in [-0.15, -0.1) is 0 Å². The normalized spacial score (nSPS) is 42.4. The quantitative estimate of drug-likeness (QED) is 0.276. The van der Waals surface area contributed by atoms with Crippen molar-refractivity contribution >= 4 is 5.91 Å². The van der Waals surface area contributed by atoms with E-state index in [-0.39, 0.29) is 24.0 Å². The van der Waals surface area contributed by atoms with Gasteiger partial charge in [-0.05, 0) is 0 Å². The fourth-order valence-electron chi connectivity index (χ4n) is 1.56. The van der Waals surface area contributed by atoms with Crippen LogP contribution in [0.4, 0.5) is 0 Å². The molecule has 0 saturated carbocycles. The van der Waals surface area contributed by atoms with Crippen LogP contribution in [0.5, 0.6) is 0 Å². The lowest BCUT2D eigenvalue weighted by molar-refractivity contribution is -0.120. The predicted molar refractivity (Wildman–Crippen MR) is 38.0 cm³/mol. The Morgan fingerprint density at radius 1 is 1.45 bits per heavy atom. The van der Waals surface area contributed by atoms with Gasteiger partial charge in [-0.25, -0.2) is 10.9 Å². The predicted octanol–water partition coefficient (Wildman–Crippen LogP) is -3.21. The molecule has 62 valence electrons. The number of fused-ring (bicyclic) bond motifs is 1. The van der Waals surface area contributed by atoms with Crippen molar-refractivity contribution in [2.75, 3.05) is 6.54 Å². The molecule has 11 heavy (non-hydrogen) atoms. The third kappa shape index (κ3) is 1.000. The molecule has 0 radical (unpaired) electrons. The molecule has 0 aromatic heterocycles. The summed E-state index contributed by atoms with van der Waals surface area (Å²) < 4.78 is 0. The molecule has 2 saturated heterocycles. The molecule has 2 aliphatic heterocycles. The molecule has 6 nitrogen and oxygen atoms in total. The number of primary amides is 1. The molecule has 3 atom stereocenters. The van der Waals surface area contributed by atoms with Crippen LogP contribution in [0.15, 0.2) is 0 Å². The van der Waals surface area contributed by atoms with Crippen LogP contribution in [0.25, 0.3) is 0 Å². The Hall–Kier alpha value is -0.690. The first-order valence-electron chi connectivity index (χ1n) is 3.58. The molecule has 2 rings (SSSR count).